The van der Waals surface area contributed by atoms with Crippen LogP contribution in [-0.4, -0.2) is 17.8 Å². The zero-order valence-electron chi connectivity index (χ0n) is 6.40. The number of hydrogen-bond acceptors (Lipinski definition) is 4. The molecular weight excluding hydrogens is 177 g/mol. The van der Waals surface area contributed by atoms with Gasteiger partial charge in [-0.3, -0.25) is 0 Å². The second kappa shape index (κ2) is 11.3. The normalized spacial score (nSPS) is 11.7. The van der Waals surface area contributed by atoms with Crippen LogP contribution >= 0.6 is 8.60 Å². The molecule has 0 aliphatic rings. The van der Waals surface area contributed by atoms with E-state index >= 15 is 0 Å². The van der Waals surface area contributed by atoms with E-state index in [1.165, 1.54) is 6.92 Å². The maximum atomic E-state index is 9.61. The van der Waals surface area contributed by atoms with Gasteiger partial charge in [0, 0.05) is 0 Å². The number of aliphatic hydroxyl groups excluding tert-OH is 1. The Bertz CT molecular complexity index is 54.5. The molecule has 50 valence electrons. The number of rotatable bonds is 3. The van der Waals surface area contributed by atoms with E-state index in [0.29, 0.717) is 0 Å². The fraction of sp³-hybridized carbons (Fsp3) is 1.00. The third-order valence-corrected chi connectivity index (χ3v) is 0.781. The molecule has 7 heteroatoms. The maximum Gasteiger partial charge on any atom is 1.00 e. The van der Waals surface area contributed by atoms with Crippen LogP contribution < -0.4 is 68.9 Å². The van der Waals surface area contributed by atoms with Gasteiger partial charge in [0.1, 0.15) is 0 Å². The fourth-order valence-corrected chi connectivity index (χ4v) is 0.506. The summed E-state index contributed by atoms with van der Waals surface area (Å²) in [6.45, 7) is 1.29. The van der Waals surface area contributed by atoms with Gasteiger partial charge in [-0.2, -0.15) is 8.60 Å². The smallest absolute Gasteiger partial charge is 0.820 e. The van der Waals surface area contributed by atoms with Gasteiger partial charge in [-0.15, -0.1) is 0 Å². The summed E-state index contributed by atoms with van der Waals surface area (Å²) >= 11 is 0. The zero-order chi connectivity index (χ0) is 6.57. The van der Waals surface area contributed by atoms with Gasteiger partial charge in [-0.05, 0) is 6.92 Å². The van der Waals surface area contributed by atoms with Crippen molar-refractivity contribution in [2.75, 3.05) is 6.61 Å². The molecule has 0 rings (SSSR count). The van der Waals surface area contributed by atoms with Crippen molar-refractivity contribution in [3.05, 3.63) is 0 Å². The molecular formula is C3H7Na2O4P. The van der Waals surface area contributed by atoms with Crippen LogP contribution in [-0.2, 0) is 4.52 Å². The predicted molar refractivity (Wildman–Crippen MR) is 24.6 cm³/mol. The average Bonchev–Trinajstić information content (AvgIpc) is 1.61. The Hall–Kier alpha value is 2.27. The van der Waals surface area contributed by atoms with Gasteiger partial charge in [0.2, 0.25) is 0 Å². The first-order chi connectivity index (χ1) is 3.63. The molecule has 0 bridgehead atoms. The SMILES string of the molecule is CC(O)COP([O-])[O-].[Na+].[Na+]. The summed E-state index contributed by atoms with van der Waals surface area (Å²) in [5.41, 5.74) is 0. The molecule has 0 amide bonds. The Kier molecular flexibility index (Phi) is 20.4. The molecule has 4 nitrogen and oxygen atoms in total. The van der Waals surface area contributed by atoms with Crippen LogP contribution in [0.15, 0.2) is 0 Å². The Balaban J connectivity index is -0.000000245. The van der Waals surface area contributed by atoms with Crippen molar-refractivity contribution in [1.82, 2.24) is 0 Å². The molecule has 0 fully saturated rings. The van der Waals surface area contributed by atoms with E-state index in [0.717, 1.165) is 0 Å². The summed E-state index contributed by atoms with van der Waals surface area (Å²) in [5, 5.41) is 8.41. The van der Waals surface area contributed by atoms with Gasteiger partial charge in [-0.25, -0.2) is 0 Å². The van der Waals surface area contributed by atoms with E-state index in [2.05, 4.69) is 4.52 Å². The van der Waals surface area contributed by atoms with Gasteiger partial charge in [0.05, 0.1) is 12.7 Å². The first kappa shape index (κ1) is 18.1. The zero-order valence-corrected chi connectivity index (χ0v) is 11.3. The quantitative estimate of drug-likeness (QED) is 0.349. The summed E-state index contributed by atoms with van der Waals surface area (Å²) in [4.78, 5) is 19.2. The standard InChI is InChI=1S/C3H7O4P.2Na/c1-3(4)2-7-8(5)6;;/h3-4H,2H2,1H3;;/q-2;2*+1. The van der Waals surface area contributed by atoms with Crippen LogP contribution in [0.2, 0.25) is 0 Å². The fourth-order valence-electron chi connectivity index (χ4n) is 0.169. The van der Waals surface area contributed by atoms with E-state index in [1.54, 1.807) is 0 Å². The van der Waals surface area contributed by atoms with Crippen molar-refractivity contribution in [3.63, 3.8) is 0 Å². The summed E-state index contributed by atoms with van der Waals surface area (Å²) in [6.07, 6.45) is -0.720. The van der Waals surface area contributed by atoms with Crippen LogP contribution in [0.4, 0.5) is 0 Å². The van der Waals surface area contributed by atoms with Gasteiger partial charge in [0.25, 0.3) is 0 Å². The van der Waals surface area contributed by atoms with Gasteiger partial charge in [-0.1, -0.05) is 0 Å². The largest absolute Gasteiger partial charge is 1.00 e. The molecule has 0 aromatic carbocycles. The molecule has 0 saturated heterocycles. The molecule has 1 atom stereocenters. The molecule has 0 heterocycles. The second-order valence-corrected chi connectivity index (χ2v) is 2.07. The van der Waals surface area contributed by atoms with E-state index in [4.69, 9.17) is 5.11 Å². The Labute approximate surface area is 106 Å². The van der Waals surface area contributed by atoms with Crippen molar-refractivity contribution >= 4 is 8.60 Å². The van der Waals surface area contributed by atoms with Crippen LogP contribution in [0.5, 0.6) is 0 Å². The third-order valence-electron chi connectivity index (χ3n) is 0.421. The summed E-state index contributed by atoms with van der Waals surface area (Å²) in [7, 11) is -2.79. The predicted octanol–water partition coefficient (Wildman–Crippen LogP) is -7.66. The van der Waals surface area contributed by atoms with E-state index in [1.807, 2.05) is 0 Å². The first-order valence-electron chi connectivity index (χ1n) is 2.08. The molecule has 1 unspecified atom stereocenters. The minimum Gasteiger partial charge on any atom is -0.820 e. The minimum atomic E-state index is -2.79. The molecule has 0 aromatic heterocycles. The Morgan fingerprint density at radius 3 is 2.00 bits per heavy atom. The minimum absolute atomic E-state index is 0. The van der Waals surface area contributed by atoms with E-state index in [9.17, 15) is 9.79 Å². The van der Waals surface area contributed by atoms with Crippen molar-refractivity contribution in [2.24, 2.45) is 0 Å². The first-order valence-corrected chi connectivity index (χ1v) is 3.18. The summed E-state index contributed by atoms with van der Waals surface area (Å²) in [5.74, 6) is 0. The second-order valence-electron chi connectivity index (χ2n) is 1.37. The molecule has 1 N–H and O–H groups in total. The van der Waals surface area contributed by atoms with Crippen molar-refractivity contribution in [1.29, 1.82) is 0 Å². The number of aliphatic hydroxyl groups is 1. The molecule has 10 heavy (non-hydrogen) atoms. The molecule has 0 aliphatic heterocycles. The van der Waals surface area contributed by atoms with Crippen molar-refractivity contribution in [2.45, 2.75) is 13.0 Å². The average molecular weight is 184 g/mol. The Morgan fingerprint density at radius 1 is 1.50 bits per heavy atom. The van der Waals surface area contributed by atoms with Crippen LogP contribution in [0.1, 0.15) is 6.92 Å². The molecule has 0 radical (unpaired) electrons. The molecule has 0 spiro atoms. The van der Waals surface area contributed by atoms with Crippen molar-refractivity contribution < 1.29 is 78.5 Å². The molecule has 0 saturated carbocycles. The summed E-state index contributed by atoms with van der Waals surface area (Å²) < 4.78 is 4.01. The van der Waals surface area contributed by atoms with Crippen LogP contribution in [0.25, 0.3) is 0 Å². The van der Waals surface area contributed by atoms with Crippen molar-refractivity contribution in [3.8, 4) is 0 Å². The molecule has 0 aromatic rings. The summed E-state index contributed by atoms with van der Waals surface area (Å²) in [6, 6.07) is 0. The Morgan fingerprint density at radius 2 is 1.90 bits per heavy atom. The van der Waals surface area contributed by atoms with Crippen LogP contribution in [0, 0.1) is 0 Å². The topological polar surface area (TPSA) is 75.6 Å². The third kappa shape index (κ3) is 16.7. The van der Waals surface area contributed by atoms with E-state index < -0.39 is 14.7 Å². The van der Waals surface area contributed by atoms with Gasteiger partial charge >= 0.3 is 59.1 Å². The number of hydrogen-bond donors (Lipinski definition) is 1. The van der Waals surface area contributed by atoms with Crippen LogP contribution in [0.3, 0.4) is 0 Å². The van der Waals surface area contributed by atoms with Gasteiger partial charge in [0.15, 0.2) is 0 Å². The van der Waals surface area contributed by atoms with E-state index in [-0.39, 0.29) is 65.7 Å². The molecule has 0 aliphatic carbocycles. The van der Waals surface area contributed by atoms with Gasteiger partial charge < -0.3 is 19.4 Å². The monoisotopic (exact) mass is 184 g/mol. The maximum absolute atomic E-state index is 9.61.